The van der Waals surface area contributed by atoms with Crippen molar-refractivity contribution < 1.29 is 4.79 Å². The second kappa shape index (κ2) is 5.88. The summed E-state index contributed by atoms with van der Waals surface area (Å²) >= 11 is 9.73. The molecule has 1 heterocycles. The van der Waals surface area contributed by atoms with Crippen LogP contribution < -0.4 is 5.32 Å². The van der Waals surface area contributed by atoms with Crippen LogP contribution in [0, 0.1) is 0 Å². The standard InChI is InChI=1S/C9H11ClN2OS/c10-7-4-8(6-11-5-7)12-9(13)2-1-3-14/h4-6,14H,1-3H2,(H,12,13). The number of pyridine rings is 1. The fraction of sp³-hybridized carbons (Fsp3) is 0.333. The van der Waals surface area contributed by atoms with Crippen molar-refractivity contribution in [1.29, 1.82) is 0 Å². The molecular formula is C9H11ClN2OS. The number of halogens is 1. The third-order valence-electron chi connectivity index (χ3n) is 1.55. The van der Waals surface area contributed by atoms with Gasteiger partial charge in [-0.1, -0.05) is 11.6 Å². The van der Waals surface area contributed by atoms with Crippen molar-refractivity contribution in [1.82, 2.24) is 4.98 Å². The maximum Gasteiger partial charge on any atom is 0.224 e. The minimum atomic E-state index is -0.0388. The Morgan fingerprint density at radius 3 is 3.00 bits per heavy atom. The Morgan fingerprint density at radius 1 is 1.57 bits per heavy atom. The molecule has 1 aromatic rings. The quantitative estimate of drug-likeness (QED) is 0.780. The van der Waals surface area contributed by atoms with E-state index >= 15 is 0 Å². The van der Waals surface area contributed by atoms with Crippen LogP contribution in [-0.4, -0.2) is 16.6 Å². The van der Waals surface area contributed by atoms with E-state index in [9.17, 15) is 4.79 Å². The summed E-state index contributed by atoms with van der Waals surface area (Å²) < 4.78 is 0. The van der Waals surface area contributed by atoms with Gasteiger partial charge in [-0.2, -0.15) is 12.6 Å². The zero-order valence-electron chi connectivity index (χ0n) is 7.53. The molecule has 0 saturated carbocycles. The fourth-order valence-corrected chi connectivity index (χ4v) is 1.28. The SMILES string of the molecule is O=C(CCCS)Nc1cncc(Cl)c1. The predicted octanol–water partition coefficient (Wildman–Crippen LogP) is 2.38. The second-order valence-electron chi connectivity index (χ2n) is 2.77. The molecule has 5 heteroatoms. The van der Waals surface area contributed by atoms with Gasteiger partial charge in [0.05, 0.1) is 16.9 Å². The molecule has 0 aliphatic carbocycles. The number of carbonyl (C=O) groups is 1. The summed E-state index contributed by atoms with van der Waals surface area (Å²) in [5.74, 6) is 0.671. The lowest BCUT2D eigenvalue weighted by molar-refractivity contribution is -0.116. The van der Waals surface area contributed by atoms with Crippen molar-refractivity contribution in [3.63, 3.8) is 0 Å². The van der Waals surface area contributed by atoms with Gasteiger partial charge in [-0.25, -0.2) is 0 Å². The van der Waals surface area contributed by atoms with Crippen LogP contribution in [0.4, 0.5) is 5.69 Å². The molecule has 0 unspecified atom stereocenters. The average molecular weight is 231 g/mol. The Balaban J connectivity index is 2.47. The topological polar surface area (TPSA) is 42.0 Å². The fourth-order valence-electron chi connectivity index (χ4n) is 0.943. The van der Waals surface area contributed by atoms with E-state index in [0.717, 1.165) is 6.42 Å². The molecule has 76 valence electrons. The van der Waals surface area contributed by atoms with Gasteiger partial charge >= 0.3 is 0 Å². The van der Waals surface area contributed by atoms with Crippen LogP contribution in [0.1, 0.15) is 12.8 Å². The van der Waals surface area contributed by atoms with E-state index in [-0.39, 0.29) is 5.91 Å². The Bertz CT molecular complexity index is 319. The van der Waals surface area contributed by atoms with E-state index in [0.29, 0.717) is 22.9 Å². The summed E-state index contributed by atoms with van der Waals surface area (Å²) in [4.78, 5) is 15.1. The molecule has 1 rings (SSSR count). The molecule has 1 amide bonds. The third kappa shape index (κ3) is 3.98. The highest BCUT2D eigenvalue weighted by atomic mass is 35.5. The average Bonchev–Trinajstić information content (AvgIpc) is 2.15. The molecule has 0 aromatic carbocycles. The molecule has 3 nitrogen and oxygen atoms in total. The lowest BCUT2D eigenvalue weighted by atomic mass is 10.3. The van der Waals surface area contributed by atoms with Gasteiger partial charge < -0.3 is 5.32 Å². The first-order valence-electron chi connectivity index (χ1n) is 4.23. The highest BCUT2D eigenvalue weighted by molar-refractivity contribution is 7.80. The number of hydrogen-bond acceptors (Lipinski definition) is 3. The monoisotopic (exact) mass is 230 g/mol. The van der Waals surface area contributed by atoms with Crippen molar-refractivity contribution >= 4 is 35.8 Å². The van der Waals surface area contributed by atoms with Gasteiger partial charge in [0.1, 0.15) is 0 Å². The smallest absolute Gasteiger partial charge is 0.224 e. The summed E-state index contributed by atoms with van der Waals surface area (Å²) in [6.07, 6.45) is 4.31. The summed E-state index contributed by atoms with van der Waals surface area (Å²) in [5, 5.41) is 3.21. The number of amides is 1. The minimum Gasteiger partial charge on any atom is -0.325 e. The minimum absolute atomic E-state index is 0.0388. The number of hydrogen-bond donors (Lipinski definition) is 2. The summed E-state index contributed by atoms with van der Waals surface area (Å²) in [6, 6.07) is 1.66. The number of rotatable bonds is 4. The highest BCUT2D eigenvalue weighted by Gasteiger charge is 2.01. The number of nitrogens with one attached hydrogen (secondary N) is 1. The first-order chi connectivity index (χ1) is 6.72. The van der Waals surface area contributed by atoms with Gasteiger partial charge in [-0.3, -0.25) is 9.78 Å². The predicted molar refractivity (Wildman–Crippen MR) is 61.0 cm³/mol. The van der Waals surface area contributed by atoms with E-state index in [2.05, 4.69) is 22.9 Å². The second-order valence-corrected chi connectivity index (χ2v) is 3.65. The Hall–Kier alpha value is -0.740. The largest absolute Gasteiger partial charge is 0.325 e. The van der Waals surface area contributed by atoms with Crippen molar-refractivity contribution in [3.05, 3.63) is 23.5 Å². The van der Waals surface area contributed by atoms with Crippen LogP contribution in [0.5, 0.6) is 0 Å². The van der Waals surface area contributed by atoms with Gasteiger partial charge in [-0.05, 0) is 18.2 Å². The van der Waals surface area contributed by atoms with E-state index < -0.39 is 0 Å². The van der Waals surface area contributed by atoms with E-state index in [1.165, 1.54) is 6.20 Å². The zero-order valence-corrected chi connectivity index (χ0v) is 9.18. The number of aromatic nitrogens is 1. The van der Waals surface area contributed by atoms with Gasteiger partial charge in [0.2, 0.25) is 5.91 Å². The van der Waals surface area contributed by atoms with E-state index in [1.807, 2.05) is 0 Å². The first kappa shape index (κ1) is 11.3. The van der Waals surface area contributed by atoms with Gasteiger partial charge in [0.25, 0.3) is 0 Å². The molecule has 14 heavy (non-hydrogen) atoms. The Morgan fingerprint density at radius 2 is 2.36 bits per heavy atom. The number of anilines is 1. The number of nitrogens with zero attached hydrogens (tertiary/aromatic N) is 1. The zero-order chi connectivity index (χ0) is 10.4. The van der Waals surface area contributed by atoms with E-state index in [4.69, 9.17) is 11.6 Å². The van der Waals surface area contributed by atoms with Crippen LogP contribution in [0.25, 0.3) is 0 Å². The molecule has 0 bridgehead atoms. The Labute approximate surface area is 93.3 Å². The van der Waals surface area contributed by atoms with Crippen molar-refractivity contribution in [2.24, 2.45) is 0 Å². The molecule has 1 aromatic heterocycles. The van der Waals surface area contributed by atoms with Crippen LogP contribution in [0.15, 0.2) is 18.5 Å². The first-order valence-corrected chi connectivity index (χ1v) is 5.24. The van der Waals surface area contributed by atoms with Crippen molar-refractivity contribution in [3.8, 4) is 0 Å². The molecule has 0 spiro atoms. The third-order valence-corrected chi connectivity index (χ3v) is 2.07. The maximum absolute atomic E-state index is 11.3. The van der Waals surface area contributed by atoms with Crippen molar-refractivity contribution in [2.45, 2.75) is 12.8 Å². The number of thiol groups is 1. The van der Waals surface area contributed by atoms with Crippen LogP contribution >= 0.6 is 24.2 Å². The summed E-state index contributed by atoms with van der Waals surface area (Å²) in [7, 11) is 0. The lowest BCUT2D eigenvalue weighted by Gasteiger charge is -2.03. The molecule has 0 saturated heterocycles. The van der Waals surface area contributed by atoms with Gasteiger partial charge in [0, 0.05) is 12.6 Å². The van der Waals surface area contributed by atoms with Gasteiger partial charge in [0.15, 0.2) is 0 Å². The van der Waals surface area contributed by atoms with Crippen LogP contribution in [0.3, 0.4) is 0 Å². The van der Waals surface area contributed by atoms with Crippen LogP contribution in [0.2, 0.25) is 5.02 Å². The van der Waals surface area contributed by atoms with E-state index in [1.54, 1.807) is 12.3 Å². The molecule has 0 aliphatic rings. The highest BCUT2D eigenvalue weighted by Crippen LogP contribution is 2.13. The molecular weight excluding hydrogens is 220 g/mol. The van der Waals surface area contributed by atoms with Gasteiger partial charge in [-0.15, -0.1) is 0 Å². The normalized spacial score (nSPS) is 9.86. The molecule has 0 aliphatic heterocycles. The molecule has 0 atom stereocenters. The maximum atomic E-state index is 11.3. The molecule has 0 radical (unpaired) electrons. The number of carbonyl (C=O) groups excluding carboxylic acids is 1. The summed E-state index contributed by atoms with van der Waals surface area (Å²) in [6.45, 7) is 0. The lowest BCUT2D eigenvalue weighted by Crippen LogP contribution is -2.11. The molecule has 1 N–H and O–H groups in total. The van der Waals surface area contributed by atoms with Crippen molar-refractivity contribution in [2.75, 3.05) is 11.1 Å². The summed E-state index contributed by atoms with van der Waals surface area (Å²) in [5.41, 5.74) is 0.627. The Kier molecular flexibility index (Phi) is 4.76. The van der Waals surface area contributed by atoms with Crippen LogP contribution in [-0.2, 0) is 4.79 Å². The molecule has 0 fully saturated rings.